The van der Waals surface area contributed by atoms with E-state index in [0.29, 0.717) is 0 Å². The van der Waals surface area contributed by atoms with Crippen LogP contribution in [0.15, 0.2) is 0 Å². The molecule has 14 heavy (non-hydrogen) atoms. The molecule has 0 bridgehead atoms. The standard InChI is InChI=1S/C13H27N/c1-4-12(10-11-14(2)3)13-8-6-5-7-9-13/h12-13H,4-11H2,1-3H3. The molecule has 0 spiro atoms. The second kappa shape index (κ2) is 6.44. The molecule has 1 rings (SSSR count). The lowest BCUT2D eigenvalue weighted by molar-refractivity contribution is 0.212. The molecule has 1 atom stereocenters. The molecule has 0 aromatic heterocycles. The van der Waals surface area contributed by atoms with Crippen molar-refractivity contribution in [2.24, 2.45) is 11.8 Å². The zero-order valence-electron chi connectivity index (χ0n) is 10.3. The first-order chi connectivity index (χ1) is 6.74. The topological polar surface area (TPSA) is 3.24 Å². The summed E-state index contributed by atoms with van der Waals surface area (Å²) in [6, 6.07) is 0. The number of nitrogens with zero attached hydrogens (tertiary/aromatic N) is 1. The first-order valence-corrected chi connectivity index (χ1v) is 6.38. The fraction of sp³-hybridized carbons (Fsp3) is 1.00. The molecule has 0 aliphatic heterocycles. The Morgan fingerprint density at radius 1 is 1.14 bits per heavy atom. The van der Waals surface area contributed by atoms with Gasteiger partial charge in [0.1, 0.15) is 0 Å². The Kier molecular flexibility index (Phi) is 5.54. The Bertz CT molecular complexity index is 136. The van der Waals surface area contributed by atoms with Crippen LogP contribution in [0.4, 0.5) is 0 Å². The molecule has 0 saturated heterocycles. The van der Waals surface area contributed by atoms with Crippen LogP contribution in [-0.4, -0.2) is 25.5 Å². The molecular weight excluding hydrogens is 170 g/mol. The Morgan fingerprint density at radius 2 is 1.79 bits per heavy atom. The number of hydrogen-bond donors (Lipinski definition) is 0. The van der Waals surface area contributed by atoms with Gasteiger partial charge in [0, 0.05) is 0 Å². The minimum Gasteiger partial charge on any atom is -0.309 e. The maximum absolute atomic E-state index is 2.37. The lowest BCUT2D eigenvalue weighted by atomic mass is 9.77. The zero-order valence-corrected chi connectivity index (χ0v) is 10.3. The second-order valence-corrected chi connectivity index (χ2v) is 5.16. The fourth-order valence-corrected chi connectivity index (χ4v) is 2.80. The van der Waals surface area contributed by atoms with Crippen LogP contribution < -0.4 is 0 Å². The predicted octanol–water partition coefficient (Wildman–Crippen LogP) is 3.54. The van der Waals surface area contributed by atoms with Crippen LogP contribution in [0.3, 0.4) is 0 Å². The van der Waals surface area contributed by atoms with Crippen LogP contribution in [0, 0.1) is 11.8 Å². The van der Waals surface area contributed by atoms with Crippen LogP contribution in [0.5, 0.6) is 0 Å². The second-order valence-electron chi connectivity index (χ2n) is 5.16. The molecule has 0 heterocycles. The monoisotopic (exact) mass is 197 g/mol. The van der Waals surface area contributed by atoms with E-state index < -0.39 is 0 Å². The summed E-state index contributed by atoms with van der Waals surface area (Å²) < 4.78 is 0. The van der Waals surface area contributed by atoms with Crippen LogP contribution in [0.2, 0.25) is 0 Å². The van der Waals surface area contributed by atoms with E-state index >= 15 is 0 Å². The third-order valence-corrected chi connectivity index (χ3v) is 3.79. The minimum absolute atomic E-state index is 0.998. The van der Waals surface area contributed by atoms with Crippen molar-refractivity contribution in [1.29, 1.82) is 0 Å². The number of rotatable bonds is 5. The largest absolute Gasteiger partial charge is 0.309 e. The summed E-state index contributed by atoms with van der Waals surface area (Å²) in [6.45, 7) is 3.64. The lowest BCUT2D eigenvalue weighted by Gasteiger charge is -2.30. The summed E-state index contributed by atoms with van der Waals surface area (Å²) in [5.74, 6) is 2.05. The van der Waals surface area contributed by atoms with E-state index in [-0.39, 0.29) is 0 Å². The Morgan fingerprint density at radius 3 is 2.29 bits per heavy atom. The lowest BCUT2D eigenvalue weighted by Crippen LogP contribution is -2.22. The molecule has 1 unspecified atom stereocenters. The Hall–Kier alpha value is -0.0400. The highest BCUT2D eigenvalue weighted by Crippen LogP contribution is 2.33. The average Bonchev–Trinajstić information content (AvgIpc) is 2.20. The van der Waals surface area contributed by atoms with E-state index in [1.807, 2.05) is 0 Å². The molecule has 1 heteroatoms. The molecule has 1 aliphatic carbocycles. The van der Waals surface area contributed by atoms with Gasteiger partial charge in [0.25, 0.3) is 0 Å². The van der Waals surface area contributed by atoms with Gasteiger partial charge in [-0.2, -0.15) is 0 Å². The van der Waals surface area contributed by atoms with Gasteiger partial charge in [0.2, 0.25) is 0 Å². The van der Waals surface area contributed by atoms with Crippen molar-refractivity contribution >= 4 is 0 Å². The molecule has 1 aliphatic rings. The molecule has 0 amide bonds. The highest BCUT2D eigenvalue weighted by molar-refractivity contribution is 4.73. The molecule has 0 aromatic carbocycles. The molecule has 0 N–H and O–H groups in total. The van der Waals surface area contributed by atoms with Crippen molar-refractivity contribution in [3.8, 4) is 0 Å². The molecule has 1 nitrogen and oxygen atoms in total. The third kappa shape index (κ3) is 4.00. The van der Waals surface area contributed by atoms with E-state index in [2.05, 4.69) is 25.9 Å². The Labute approximate surface area is 89.9 Å². The summed E-state index contributed by atoms with van der Waals surface area (Å²) in [4.78, 5) is 2.32. The van der Waals surface area contributed by atoms with Gasteiger partial charge >= 0.3 is 0 Å². The zero-order chi connectivity index (χ0) is 10.4. The van der Waals surface area contributed by atoms with Gasteiger partial charge < -0.3 is 4.90 Å². The molecule has 84 valence electrons. The summed E-state index contributed by atoms with van der Waals surface area (Å²) in [5.41, 5.74) is 0. The van der Waals surface area contributed by atoms with Crippen LogP contribution in [0.1, 0.15) is 51.9 Å². The maximum atomic E-state index is 2.37. The first kappa shape index (κ1) is 12.0. The third-order valence-electron chi connectivity index (χ3n) is 3.79. The normalized spacial score (nSPS) is 21.4. The summed E-state index contributed by atoms with van der Waals surface area (Å²) >= 11 is 0. The van der Waals surface area contributed by atoms with Crippen molar-refractivity contribution in [2.45, 2.75) is 51.9 Å². The number of hydrogen-bond acceptors (Lipinski definition) is 1. The van der Waals surface area contributed by atoms with E-state index in [1.54, 1.807) is 0 Å². The highest BCUT2D eigenvalue weighted by atomic mass is 15.0. The van der Waals surface area contributed by atoms with E-state index in [0.717, 1.165) is 11.8 Å². The van der Waals surface area contributed by atoms with Crippen molar-refractivity contribution in [3.63, 3.8) is 0 Å². The van der Waals surface area contributed by atoms with Gasteiger partial charge in [-0.25, -0.2) is 0 Å². The maximum Gasteiger partial charge on any atom is -0.00221 e. The van der Waals surface area contributed by atoms with Gasteiger partial charge in [0.05, 0.1) is 0 Å². The molecule has 1 fully saturated rings. The van der Waals surface area contributed by atoms with Crippen molar-refractivity contribution < 1.29 is 0 Å². The predicted molar refractivity (Wildman–Crippen MR) is 63.5 cm³/mol. The molecular formula is C13H27N. The summed E-state index contributed by atoms with van der Waals surface area (Å²) in [5, 5.41) is 0. The van der Waals surface area contributed by atoms with Crippen LogP contribution in [-0.2, 0) is 0 Å². The van der Waals surface area contributed by atoms with Gasteiger partial charge in [-0.05, 0) is 38.9 Å². The molecule has 0 radical (unpaired) electrons. The Balaban J connectivity index is 2.28. The van der Waals surface area contributed by atoms with E-state index in [4.69, 9.17) is 0 Å². The van der Waals surface area contributed by atoms with Crippen LogP contribution >= 0.6 is 0 Å². The van der Waals surface area contributed by atoms with Crippen LogP contribution in [0.25, 0.3) is 0 Å². The van der Waals surface area contributed by atoms with Gasteiger partial charge in [-0.3, -0.25) is 0 Å². The van der Waals surface area contributed by atoms with Gasteiger partial charge in [0.15, 0.2) is 0 Å². The van der Waals surface area contributed by atoms with Gasteiger partial charge in [-0.1, -0.05) is 45.4 Å². The van der Waals surface area contributed by atoms with Crippen molar-refractivity contribution in [2.75, 3.05) is 20.6 Å². The van der Waals surface area contributed by atoms with E-state index in [1.165, 1.54) is 51.5 Å². The minimum atomic E-state index is 0.998. The fourth-order valence-electron chi connectivity index (χ4n) is 2.80. The molecule has 1 saturated carbocycles. The summed E-state index contributed by atoms with van der Waals surface area (Å²) in [6.07, 6.45) is 10.3. The van der Waals surface area contributed by atoms with Gasteiger partial charge in [-0.15, -0.1) is 0 Å². The van der Waals surface area contributed by atoms with E-state index in [9.17, 15) is 0 Å². The van der Waals surface area contributed by atoms with Crippen molar-refractivity contribution in [3.05, 3.63) is 0 Å². The quantitative estimate of drug-likeness (QED) is 0.651. The highest BCUT2D eigenvalue weighted by Gasteiger charge is 2.21. The first-order valence-electron chi connectivity index (χ1n) is 6.38. The molecule has 0 aromatic rings. The van der Waals surface area contributed by atoms with Crippen molar-refractivity contribution in [1.82, 2.24) is 4.90 Å². The SMILES string of the molecule is CCC(CCN(C)C)C1CCCCC1. The summed E-state index contributed by atoms with van der Waals surface area (Å²) in [7, 11) is 4.38. The average molecular weight is 197 g/mol. The smallest absolute Gasteiger partial charge is 0.00221 e.